The van der Waals surface area contributed by atoms with Crippen LogP contribution in [0.4, 0.5) is 10.5 Å². The van der Waals surface area contributed by atoms with Gasteiger partial charge < -0.3 is 88.8 Å². The zero-order valence-electron chi connectivity index (χ0n) is 64.8. The number of carboxylic acid groups (broad SMARTS) is 1. The topological polar surface area (TPSA) is 437 Å². The largest absolute Gasteiger partial charge is 0.508 e. The van der Waals surface area contributed by atoms with Crippen LogP contribution in [0.1, 0.15) is 181 Å². The molecule has 0 bridgehead atoms. The molecule has 7 aliphatic rings. The second-order valence-electron chi connectivity index (χ2n) is 32.7. The molecular weight excluding hydrogens is 1430 g/mol. The summed E-state index contributed by atoms with van der Waals surface area (Å²) in [7, 11) is 0. The number of anilines is 1. The van der Waals surface area contributed by atoms with Crippen LogP contribution >= 0.6 is 11.8 Å². The Morgan fingerprint density at radius 1 is 0.682 bits per heavy atom. The number of hydrogen-bond acceptors (Lipinski definition) is 18. The van der Waals surface area contributed by atoms with E-state index in [1.165, 1.54) is 23.5 Å². The maximum atomic E-state index is 14.5. The van der Waals surface area contributed by atoms with E-state index in [0.717, 1.165) is 63.5 Å². The quantitative estimate of drug-likeness (QED) is 0.0331. The van der Waals surface area contributed by atoms with Gasteiger partial charge in [-0.25, -0.2) is 9.59 Å². The van der Waals surface area contributed by atoms with Crippen molar-refractivity contribution in [2.24, 2.45) is 58.0 Å². The van der Waals surface area contributed by atoms with Crippen molar-refractivity contribution in [1.29, 1.82) is 0 Å². The third-order valence-electron chi connectivity index (χ3n) is 24.8. The van der Waals surface area contributed by atoms with Crippen LogP contribution in [0.25, 0.3) is 0 Å². The number of fused-ring (bicyclic) bond motifs is 7. The van der Waals surface area contributed by atoms with Crippen molar-refractivity contribution in [3.63, 3.8) is 0 Å². The van der Waals surface area contributed by atoms with Crippen LogP contribution in [0.2, 0.25) is 0 Å². The Labute approximate surface area is 650 Å². The van der Waals surface area contributed by atoms with Crippen LogP contribution in [-0.4, -0.2) is 210 Å². The highest BCUT2D eigenvalue weighted by atomic mass is 32.2. The molecule has 9 rings (SSSR count). The van der Waals surface area contributed by atoms with Gasteiger partial charge in [0.15, 0.2) is 0 Å². The number of nitrogens with zero attached hydrogens (tertiary/aromatic N) is 1. The lowest BCUT2D eigenvalue weighted by Crippen LogP contribution is -2.60. The van der Waals surface area contributed by atoms with Gasteiger partial charge in [-0.2, -0.15) is 11.8 Å². The summed E-state index contributed by atoms with van der Waals surface area (Å²) in [5, 5.41) is 70.3. The Balaban J connectivity index is 0.713. The molecule has 18 atom stereocenters. The number of aliphatic hydroxyl groups excluding tert-OH is 2. The molecule has 4 saturated carbocycles. The number of ether oxygens (including phenoxy) is 2. The molecule has 110 heavy (non-hydrogen) atoms. The number of para-hydroxylation sites is 1. The molecule has 3 aliphatic heterocycles. The fourth-order valence-corrected chi connectivity index (χ4v) is 20.4. The van der Waals surface area contributed by atoms with Crippen molar-refractivity contribution in [1.82, 2.24) is 53.2 Å². The number of aliphatic carboxylic acids is 1. The molecular formula is C80H122N12O17S. The maximum absolute atomic E-state index is 14.5. The van der Waals surface area contributed by atoms with Gasteiger partial charge in [0.05, 0.1) is 63.2 Å². The van der Waals surface area contributed by atoms with Crippen molar-refractivity contribution in [3.8, 4) is 5.75 Å². The van der Waals surface area contributed by atoms with Gasteiger partial charge in [0, 0.05) is 55.6 Å². The van der Waals surface area contributed by atoms with Crippen LogP contribution in [0, 0.1) is 52.3 Å². The Bertz CT molecular complexity index is 3480. The molecule has 0 aromatic heterocycles. The molecule has 0 spiro atoms. The standard InChI is InChI=1S/C80H122N12O17S/c1-47(2)38-64(92-63-17-7-6-14-50(63)40-61(76(92)104)88-70(99)44-85-69(98)43-86-73(101)58(81)39-49-21-24-52(93)25-22-49)75(103)84-33-13-10-15-59(74(102)89-60(77(105)106)16-11-12-32-82-67(96)19-9-8-18-65-72-62(46-110-65)90-78(107)91-72)87-71(100)45-109-37-36-108-35-34-83-68(97)29-20-48(3)55-27-28-56-54-26-23-51-41-53(94)30-31-79(51,4)57(54)42-66(95)80(55,56)5/h6-7,14,17,21-22,24-25,47-48,51,53-62,64-66,72,93-95H,8-13,15-16,18-20,23,26-46,81H2,1-5H3,(H,82,96)(H,83,97)(H,84,103)(H,85,98)(H,86,101)(H,87,100)(H,88,99)(H,89,102)(H,105,106)(H2,90,91,107)/t48-,51+,53+,54-,55+,56-,57-,58-,59-,60-,61-,62-,64-,65-,66-,72-,79-,80?/m0/s1. The Hall–Kier alpha value is -7.64. The average Bonchev–Trinajstić information content (AvgIpc) is 1.47. The minimum Gasteiger partial charge on any atom is -0.508 e. The van der Waals surface area contributed by atoms with E-state index in [1.807, 2.05) is 25.6 Å². The Morgan fingerprint density at radius 3 is 2.15 bits per heavy atom. The zero-order valence-corrected chi connectivity index (χ0v) is 65.6. The predicted octanol–water partition coefficient (Wildman–Crippen LogP) is 3.89. The minimum absolute atomic E-state index is 0.00218. The van der Waals surface area contributed by atoms with E-state index in [4.69, 9.17) is 15.2 Å². The summed E-state index contributed by atoms with van der Waals surface area (Å²) >= 11 is 1.82. The first-order valence-corrected chi connectivity index (χ1v) is 41.3. The number of amides is 11. The third kappa shape index (κ3) is 23.5. The summed E-state index contributed by atoms with van der Waals surface area (Å²) in [5.41, 5.74) is 7.86. The molecule has 6 fully saturated rings. The fourth-order valence-electron chi connectivity index (χ4n) is 18.8. The molecule has 1 unspecified atom stereocenters. The lowest BCUT2D eigenvalue weighted by Gasteiger charge is -2.62. The number of aliphatic hydroxyl groups is 2. The highest BCUT2D eigenvalue weighted by Crippen LogP contribution is 2.68. The number of phenols is 1. The number of unbranched alkanes of at least 4 members (excludes halogenated alkanes) is 3. The molecule has 610 valence electrons. The predicted molar refractivity (Wildman–Crippen MR) is 413 cm³/mol. The van der Waals surface area contributed by atoms with Gasteiger partial charge in [-0.3, -0.25) is 48.1 Å². The highest BCUT2D eigenvalue weighted by molar-refractivity contribution is 8.00. The maximum Gasteiger partial charge on any atom is 0.326 e. The number of carbonyl (C=O) groups is 11. The Kier molecular flexibility index (Phi) is 32.4. The molecule has 3 heterocycles. The van der Waals surface area contributed by atoms with E-state index >= 15 is 0 Å². The molecule has 16 N–H and O–H groups in total. The number of carbonyl (C=O) groups excluding carboxylic acids is 10. The van der Waals surface area contributed by atoms with E-state index in [9.17, 15) is 73.2 Å². The van der Waals surface area contributed by atoms with Crippen molar-refractivity contribution >= 4 is 82.6 Å². The van der Waals surface area contributed by atoms with Crippen molar-refractivity contribution in [2.75, 3.05) is 69.8 Å². The van der Waals surface area contributed by atoms with Gasteiger partial charge in [-0.15, -0.1) is 0 Å². The number of phenolic OH excluding ortho intramolecular Hbond substituents is 1. The lowest BCUT2D eigenvalue weighted by atomic mass is 9.43. The molecule has 29 nitrogen and oxygen atoms in total. The lowest BCUT2D eigenvalue weighted by molar-refractivity contribution is -0.175. The van der Waals surface area contributed by atoms with Gasteiger partial charge in [0.25, 0.3) is 5.91 Å². The van der Waals surface area contributed by atoms with Gasteiger partial charge in [-0.1, -0.05) is 71.4 Å². The first-order chi connectivity index (χ1) is 52.6. The summed E-state index contributed by atoms with van der Waals surface area (Å²) in [6.07, 6.45) is 13.0. The normalized spacial score (nSPS) is 27.1. The first kappa shape index (κ1) is 86.3. The summed E-state index contributed by atoms with van der Waals surface area (Å²) in [6, 6.07) is 7.55. The third-order valence-corrected chi connectivity index (χ3v) is 26.3. The van der Waals surface area contributed by atoms with Gasteiger partial charge in [0.2, 0.25) is 47.3 Å². The monoisotopic (exact) mass is 1550 g/mol. The van der Waals surface area contributed by atoms with Crippen LogP contribution in [-0.2, 0) is 70.3 Å². The molecule has 2 aromatic rings. The van der Waals surface area contributed by atoms with Crippen LogP contribution < -0.4 is 63.8 Å². The number of benzene rings is 2. The van der Waals surface area contributed by atoms with Gasteiger partial charge >= 0.3 is 12.0 Å². The van der Waals surface area contributed by atoms with Crippen molar-refractivity contribution in [2.45, 2.75) is 242 Å². The highest BCUT2D eigenvalue weighted by Gasteiger charge is 2.64. The average molecular weight is 1560 g/mol. The number of aromatic hydroxyl groups is 1. The smallest absolute Gasteiger partial charge is 0.326 e. The number of nitrogens with one attached hydrogen (secondary N) is 10. The second kappa shape index (κ2) is 41.2. The molecule has 0 radical (unpaired) electrons. The zero-order chi connectivity index (χ0) is 79.2. The number of thioether (sulfide) groups is 1. The molecule has 30 heteroatoms. The number of hydrogen-bond donors (Lipinski definition) is 15. The Morgan fingerprint density at radius 2 is 1.39 bits per heavy atom. The SMILES string of the molecule is CC(C)C[C@@H](C(=O)NCCCC[C@H](NC(=O)COCCOCCNC(=O)CC[C@H](C)[C@H]1CC[C@H]2[C@@H]3CC[C@@H]4C[C@H](O)CC[C@]4(C)[C@H]3C[C@H](O)C12C)C(=O)N[C@@H](CCCCNC(=O)CCCC[C@@H]1SC[C@@H]2NC(=O)N[C@@H]21)C(=O)O)N1C(=O)[C@@H](NC(=O)CNC(=O)CNC(=O)[C@@H](N)Cc2ccc(O)cc2)Cc2ccccc21. The fraction of sp³-hybridized carbons (Fsp3) is 0.713. The summed E-state index contributed by atoms with van der Waals surface area (Å²) < 4.78 is 11.4. The summed E-state index contributed by atoms with van der Waals surface area (Å²) in [5.74, 6) is -2.52. The van der Waals surface area contributed by atoms with Gasteiger partial charge in [0.1, 0.15) is 36.5 Å². The summed E-state index contributed by atoms with van der Waals surface area (Å²) in [4.78, 5) is 147. The van der Waals surface area contributed by atoms with Crippen LogP contribution in [0.5, 0.6) is 5.75 Å². The number of urea groups is 1. The number of rotatable bonds is 43. The number of nitrogens with two attached hydrogens (primary N) is 1. The van der Waals surface area contributed by atoms with E-state index in [1.54, 1.807) is 36.4 Å². The van der Waals surface area contributed by atoms with E-state index in [-0.39, 0.29) is 142 Å². The summed E-state index contributed by atoms with van der Waals surface area (Å²) in [6.45, 7) is 10.2. The van der Waals surface area contributed by atoms with E-state index < -0.39 is 103 Å². The van der Waals surface area contributed by atoms with Crippen LogP contribution in [0.3, 0.4) is 0 Å². The van der Waals surface area contributed by atoms with E-state index in [2.05, 4.69) is 73.9 Å². The first-order valence-electron chi connectivity index (χ1n) is 40.2. The number of carboxylic acids is 1. The van der Waals surface area contributed by atoms with E-state index in [0.29, 0.717) is 96.7 Å². The second-order valence-corrected chi connectivity index (χ2v) is 34.0. The van der Waals surface area contributed by atoms with Crippen molar-refractivity contribution < 1.29 is 82.6 Å². The molecule has 2 aromatic carbocycles. The van der Waals surface area contributed by atoms with Crippen LogP contribution in [0.15, 0.2) is 48.5 Å². The van der Waals surface area contributed by atoms with Crippen molar-refractivity contribution in [3.05, 3.63) is 59.7 Å². The molecule has 4 aliphatic carbocycles. The molecule has 11 amide bonds. The van der Waals surface area contributed by atoms with Gasteiger partial charge in [-0.05, 0) is 204 Å². The minimum atomic E-state index is -1.33. The molecule has 2 saturated heterocycles.